The number of halogens is 3. The van der Waals surface area contributed by atoms with Crippen LogP contribution in [0, 0.1) is 0 Å². The second kappa shape index (κ2) is 3.77. The zero-order valence-electron chi connectivity index (χ0n) is 7.58. The molecule has 2 heterocycles. The second-order valence-corrected chi connectivity index (χ2v) is 3.98. The van der Waals surface area contributed by atoms with Crippen LogP contribution in [0.15, 0.2) is 17.6 Å². The van der Waals surface area contributed by atoms with Gasteiger partial charge in [0.05, 0.1) is 6.42 Å². The Morgan fingerprint density at radius 2 is 2.13 bits per heavy atom. The van der Waals surface area contributed by atoms with Gasteiger partial charge in [0.15, 0.2) is 0 Å². The van der Waals surface area contributed by atoms with Crippen LogP contribution in [-0.2, 0) is 6.42 Å². The zero-order chi connectivity index (χ0) is 10.9. The van der Waals surface area contributed by atoms with Gasteiger partial charge in [0.25, 0.3) is 0 Å². The normalized spacial score (nSPS) is 12.2. The molecule has 0 saturated heterocycles. The molecule has 0 radical (unpaired) electrons. The molecule has 0 bridgehead atoms. The van der Waals surface area contributed by atoms with Crippen LogP contribution in [0.5, 0.6) is 0 Å². The predicted octanol–water partition coefficient (Wildman–Crippen LogP) is 3.19. The fourth-order valence-electron chi connectivity index (χ4n) is 1.16. The van der Waals surface area contributed by atoms with Crippen molar-refractivity contribution in [3.63, 3.8) is 0 Å². The van der Waals surface area contributed by atoms with Crippen molar-refractivity contribution in [1.82, 2.24) is 9.97 Å². The van der Waals surface area contributed by atoms with Crippen molar-refractivity contribution in [3.8, 4) is 0 Å². The van der Waals surface area contributed by atoms with E-state index in [0.717, 1.165) is 10.2 Å². The molecule has 2 aromatic heterocycles. The van der Waals surface area contributed by atoms with Crippen LogP contribution < -0.4 is 0 Å². The van der Waals surface area contributed by atoms with Crippen molar-refractivity contribution in [2.24, 2.45) is 0 Å². The lowest BCUT2D eigenvalue weighted by Crippen LogP contribution is -2.09. The maximum absolute atomic E-state index is 11.9. The first-order valence-corrected chi connectivity index (χ1v) is 5.18. The molecule has 80 valence electrons. The summed E-state index contributed by atoms with van der Waals surface area (Å²) in [6, 6.07) is 1.84. The molecule has 2 nitrogen and oxygen atoms in total. The van der Waals surface area contributed by atoms with E-state index in [-0.39, 0.29) is 12.2 Å². The SMILES string of the molecule is FC(F)(F)CCc1ncc2ccsc2n1. The molecule has 15 heavy (non-hydrogen) atoms. The third-order valence-corrected chi connectivity index (χ3v) is 2.71. The van der Waals surface area contributed by atoms with E-state index in [1.807, 2.05) is 11.4 Å². The number of thiophene rings is 1. The quantitative estimate of drug-likeness (QED) is 0.794. The number of alkyl halides is 3. The topological polar surface area (TPSA) is 25.8 Å². The summed E-state index contributed by atoms with van der Waals surface area (Å²) in [5.41, 5.74) is 0. The molecule has 0 fully saturated rings. The molecule has 0 N–H and O–H groups in total. The third-order valence-electron chi connectivity index (χ3n) is 1.89. The van der Waals surface area contributed by atoms with E-state index in [1.54, 1.807) is 6.20 Å². The molecular weight excluding hydrogens is 225 g/mol. The highest BCUT2D eigenvalue weighted by molar-refractivity contribution is 7.16. The highest BCUT2D eigenvalue weighted by Crippen LogP contribution is 2.22. The fourth-order valence-corrected chi connectivity index (χ4v) is 1.92. The van der Waals surface area contributed by atoms with Crippen molar-refractivity contribution in [2.45, 2.75) is 19.0 Å². The molecule has 0 amide bonds. The Morgan fingerprint density at radius 1 is 1.33 bits per heavy atom. The van der Waals surface area contributed by atoms with Crippen LogP contribution in [-0.4, -0.2) is 16.1 Å². The van der Waals surface area contributed by atoms with Gasteiger partial charge in [-0.25, -0.2) is 9.97 Å². The average Bonchev–Trinajstić information content (AvgIpc) is 2.60. The predicted molar refractivity (Wildman–Crippen MR) is 51.8 cm³/mol. The largest absolute Gasteiger partial charge is 0.389 e. The molecule has 2 aromatic rings. The van der Waals surface area contributed by atoms with E-state index in [4.69, 9.17) is 0 Å². The molecule has 0 aliphatic rings. The summed E-state index contributed by atoms with van der Waals surface area (Å²) >= 11 is 1.40. The van der Waals surface area contributed by atoms with Gasteiger partial charge in [-0.15, -0.1) is 11.3 Å². The van der Waals surface area contributed by atoms with Crippen LogP contribution in [0.4, 0.5) is 13.2 Å². The standard InChI is InChI=1S/C9H7F3N2S/c10-9(11,12)3-1-7-13-5-6-2-4-15-8(6)14-7/h2,4-5H,1,3H2. The summed E-state index contributed by atoms with van der Waals surface area (Å²) in [6.45, 7) is 0. The first kappa shape index (κ1) is 10.4. The number of nitrogens with zero attached hydrogens (tertiary/aromatic N) is 2. The number of fused-ring (bicyclic) bond motifs is 1. The van der Waals surface area contributed by atoms with Gasteiger partial charge in [0.1, 0.15) is 10.7 Å². The van der Waals surface area contributed by atoms with E-state index >= 15 is 0 Å². The molecule has 0 aromatic carbocycles. The van der Waals surface area contributed by atoms with E-state index in [9.17, 15) is 13.2 Å². The molecular formula is C9H7F3N2S. The van der Waals surface area contributed by atoms with Gasteiger partial charge in [0, 0.05) is 18.0 Å². The number of hydrogen-bond acceptors (Lipinski definition) is 3. The fraction of sp³-hybridized carbons (Fsp3) is 0.333. The molecule has 0 aliphatic heterocycles. The Labute approximate surface area is 87.8 Å². The minimum atomic E-state index is -4.15. The van der Waals surface area contributed by atoms with E-state index in [1.165, 1.54) is 11.3 Å². The Kier molecular flexibility index (Phi) is 2.60. The van der Waals surface area contributed by atoms with E-state index in [0.29, 0.717) is 0 Å². The van der Waals surface area contributed by atoms with Crippen molar-refractivity contribution >= 4 is 21.6 Å². The van der Waals surface area contributed by atoms with Gasteiger partial charge in [-0.3, -0.25) is 0 Å². The number of hydrogen-bond donors (Lipinski definition) is 0. The van der Waals surface area contributed by atoms with Gasteiger partial charge in [-0.05, 0) is 11.4 Å². The van der Waals surface area contributed by atoms with Crippen molar-refractivity contribution in [2.75, 3.05) is 0 Å². The molecule has 0 spiro atoms. The summed E-state index contributed by atoms with van der Waals surface area (Å²) < 4.78 is 35.8. The summed E-state index contributed by atoms with van der Waals surface area (Å²) in [5.74, 6) is 0.252. The van der Waals surface area contributed by atoms with Crippen LogP contribution in [0.25, 0.3) is 10.2 Å². The monoisotopic (exact) mass is 232 g/mol. The lowest BCUT2D eigenvalue weighted by Gasteiger charge is -2.04. The lowest BCUT2D eigenvalue weighted by molar-refractivity contribution is -0.134. The molecule has 0 aliphatic carbocycles. The van der Waals surface area contributed by atoms with Gasteiger partial charge >= 0.3 is 6.18 Å². The number of rotatable bonds is 2. The number of aromatic nitrogens is 2. The molecule has 0 saturated carbocycles. The second-order valence-electron chi connectivity index (χ2n) is 3.08. The van der Waals surface area contributed by atoms with Gasteiger partial charge < -0.3 is 0 Å². The molecule has 2 rings (SSSR count). The van der Waals surface area contributed by atoms with Crippen molar-refractivity contribution < 1.29 is 13.2 Å². The molecule has 0 unspecified atom stereocenters. The highest BCUT2D eigenvalue weighted by atomic mass is 32.1. The Morgan fingerprint density at radius 3 is 2.87 bits per heavy atom. The smallest absolute Gasteiger partial charge is 0.241 e. The van der Waals surface area contributed by atoms with Crippen LogP contribution >= 0.6 is 11.3 Å². The molecule has 0 atom stereocenters. The summed E-state index contributed by atoms with van der Waals surface area (Å²) in [4.78, 5) is 8.66. The summed E-state index contributed by atoms with van der Waals surface area (Å²) in [7, 11) is 0. The first-order valence-electron chi connectivity index (χ1n) is 4.30. The third kappa shape index (κ3) is 2.65. The summed E-state index contributed by atoms with van der Waals surface area (Å²) in [5, 5.41) is 2.71. The molecule has 6 heteroatoms. The minimum Gasteiger partial charge on any atom is -0.241 e. The van der Waals surface area contributed by atoms with Crippen molar-refractivity contribution in [3.05, 3.63) is 23.5 Å². The van der Waals surface area contributed by atoms with Gasteiger partial charge in [0.2, 0.25) is 0 Å². The van der Waals surface area contributed by atoms with E-state index in [2.05, 4.69) is 9.97 Å². The Balaban J connectivity index is 2.15. The first-order chi connectivity index (χ1) is 7.04. The van der Waals surface area contributed by atoms with Crippen LogP contribution in [0.1, 0.15) is 12.2 Å². The minimum absolute atomic E-state index is 0.155. The lowest BCUT2D eigenvalue weighted by atomic mass is 10.3. The zero-order valence-corrected chi connectivity index (χ0v) is 8.40. The maximum atomic E-state index is 11.9. The highest BCUT2D eigenvalue weighted by Gasteiger charge is 2.27. The Hall–Kier alpha value is -1.17. The Bertz CT molecular complexity index is 464. The average molecular weight is 232 g/mol. The van der Waals surface area contributed by atoms with Crippen LogP contribution in [0.2, 0.25) is 0 Å². The van der Waals surface area contributed by atoms with Gasteiger partial charge in [-0.1, -0.05) is 0 Å². The van der Waals surface area contributed by atoms with E-state index < -0.39 is 12.6 Å². The van der Waals surface area contributed by atoms with Crippen LogP contribution in [0.3, 0.4) is 0 Å². The number of aryl methyl sites for hydroxylation is 1. The van der Waals surface area contributed by atoms with Gasteiger partial charge in [-0.2, -0.15) is 13.2 Å². The summed E-state index contributed by atoms with van der Waals surface area (Å²) in [6.07, 6.45) is -3.61. The maximum Gasteiger partial charge on any atom is 0.389 e. The van der Waals surface area contributed by atoms with Crippen molar-refractivity contribution in [1.29, 1.82) is 0 Å².